The average molecular weight is 269 g/mol. The lowest BCUT2D eigenvalue weighted by Gasteiger charge is -2.09. The molecule has 1 aromatic carbocycles. The van der Waals surface area contributed by atoms with Crippen molar-refractivity contribution in [2.45, 2.75) is 13.8 Å². The summed E-state index contributed by atoms with van der Waals surface area (Å²) in [4.78, 5) is 10.4. The Kier molecular flexibility index (Phi) is 4.49. The number of carboxylic acid groups (broad SMARTS) is 1. The lowest BCUT2D eigenvalue weighted by Crippen LogP contribution is -2.15. The summed E-state index contributed by atoms with van der Waals surface area (Å²) in [6.07, 6.45) is 2.48. The molecule has 0 radical (unpaired) electrons. The molecule has 1 rings (SSSR count). The first kappa shape index (κ1) is 14.2. The molecular weight excluding hydrogens is 254 g/mol. The third kappa shape index (κ3) is 4.21. The zero-order chi connectivity index (χ0) is 13.8. The molecule has 0 aliphatic rings. The monoisotopic (exact) mass is 269 g/mol. The number of anilines is 1. The van der Waals surface area contributed by atoms with E-state index in [9.17, 15) is 13.2 Å². The average Bonchev–Trinajstić information content (AvgIpc) is 2.29. The molecule has 18 heavy (non-hydrogen) atoms. The second-order valence-electron chi connectivity index (χ2n) is 3.75. The molecule has 0 atom stereocenters. The van der Waals surface area contributed by atoms with Crippen molar-refractivity contribution in [3.05, 3.63) is 35.4 Å². The molecule has 6 heteroatoms. The summed E-state index contributed by atoms with van der Waals surface area (Å²) in [5.41, 5.74) is 1.94. The largest absolute Gasteiger partial charge is 0.478 e. The molecular formula is C12H15NO4S. The Morgan fingerprint density at radius 3 is 2.61 bits per heavy atom. The van der Waals surface area contributed by atoms with Crippen molar-refractivity contribution in [1.29, 1.82) is 0 Å². The van der Waals surface area contributed by atoms with Crippen molar-refractivity contribution in [2.75, 3.05) is 10.5 Å². The van der Waals surface area contributed by atoms with Crippen molar-refractivity contribution < 1.29 is 18.3 Å². The van der Waals surface area contributed by atoms with E-state index >= 15 is 0 Å². The number of hydrogen-bond donors (Lipinski definition) is 2. The Labute approximate surface area is 106 Å². The molecule has 0 unspecified atom stereocenters. The van der Waals surface area contributed by atoms with E-state index in [1.54, 1.807) is 32.0 Å². The highest BCUT2D eigenvalue weighted by molar-refractivity contribution is 7.92. The van der Waals surface area contributed by atoms with Gasteiger partial charge in [0.15, 0.2) is 0 Å². The summed E-state index contributed by atoms with van der Waals surface area (Å²) in [7, 11) is -3.30. The summed E-state index contributed by atoms with van der Waals surface area (Å²) >= 11 is 0. The van der Waals surface area contributed by atoms with Crippen LogP contribution in [0.3, 0.4) is 0 Å². The summed E-state index contributed by atoms with van der Waals surface area (Å²) in [5.74, 6) is -1.02. The maximum Gasteiger partial charge on any atom is 0.328 e. The molecule has 0 fully saturated rings. The molecule has 5 nitrogen and oxygen atoms in total. The molecule has 0 saturated carbocycles. The number of sulfonamides is 1. The minimum atomic E-state index is -3.30. The van der Waals surface area contributed by atoms with Crippen LogP contribution in [-0.4, -0.2) is 25.2 Å². The van der Waals surface area contributed by atoms with Gasteiger partial charge in [-0.05, 0) is 43.2 Å². The maximum absolute atomic E-state index is 11.4. The minimum Gasteiger partial charge on any atom is -0.478 e. The first-order chi connectivity index (χ1) is 8.34. The number of hydrogen-bond acceptors (Lipinski definition) is 3. The molecule has 98 valence electrons. The van der Waals surface area contributed by atoms with Crippen LogP contribution in [-0.2, 0) is 14.8 Å². The van der Waals surface area contributed by atoms with Gasteiger partial charge in [0, 0.05) is 6.08 Å². The van der Waals surface area contributed by atoms with Gasteiger partial charge in [-0.15, -0.1) is 0 Å². The van der Waals surface area contributed by atoms with Crippen LogP contribution < -0.4 is 4.72 Å². The number of nitrogens with one attached hydrogen (secondary N) is 1. The predicted octanol–water partition coefficient (Wildman–Crippen LogP) is 1.85. The molecule has 0 aliphatic heterocycles. The Hall–Kier alpha value is -1.82. The highest BCUT2D eigenvalue weighted by atomic mass is 32.2. The summed E-state index contributed by atoms with van der Waals surface area (Å²) < 4.78 is 25.3. The number of rotatable bonds is 5. The normalized spacial score (nSPS) is 11.7. The van der Waals surface area contributed by atoms with Crippen molar-refractivity contribution >= 4 is 27.8 Å². The molecule has 0 bridgehead atoms. The van der Waals surface area contributed by atoms with E-state index in [2.05, 4.69) is 4.72 Å². The van der Waals surface area contributed by atoms with Crippen LogP contribution in [0, 0.1) is 6.92 Å². The third-order valence-electron chi connectivity index (χ3n) is 2.31. The molecule has 1 aromatic rings. The standard InChI is InChI=1S/C12H15NO4S/c1-3-18(16,17)13-11-6-4-10(8-9(11)2)5-7-12(14)15/h4-8,13H,3H2,1-2H3,(H,14,15)/b7-5+. The number of aliphatic carboxylic acids is 1. The van der Waals surface area contributed by atoms with Crippen molar-refractivity contribution in [2.24, 2.45) is 0 Å². The van der Waals surface area contributed by atoms with Gasteiger partial charge < -0.3 is 5.11 Å². The van der Waals surface area contributed by atoms with Gasteiger partial charge in [0.25, 0.3) is 0 Å². The van der Waals surface area contributed by atoms with E-state index in [1.807, 2.05) is 0 Å². The van der Waals surface area contributed by atoms with E-state index in [1.165, 1.54) is 6.08 Å². The maximum atomic E-state index is 11.4. The molecule has 0 spiro atoms. The van der Waals surface area contributed by atoms with Gasteiger partial charge in [-0.1, -0.05) is 6.07 Å². The second-order valence-corrected chi connectivity index (χ2v) is 5.76. The first-order valence-corrected chi connectivity index (χ1v) is 7.01. The second kappa shape index (κ2) is 5.68. The Bertz CT molecular complexity index is 576. The minimum absolute atomic E-state index is 0.00705. The fourth-order valence-corrected chi connectivity index (χ4v) is 2.02. The number of aryl methyl sites for hydroxylation is 1. The van der Waals surface area contributed by atoms with Gasteiger partial charge in [-0.25, -0.2) is 13.2 Å². The predicted molar refractivity (Wildman–Crippen MR) is 70.9 cm³/mol. The highest BCUT2D eigenvalue weighted by Crippen LogP contribution is 2.18. The SMILES string of the molecule is CCS(=O)(=O)Nc1ccc(/C=C/C(=O)O)cc1C. The fourth-order valence-electron chi connectivity index (χ4n) is 1.31. The van der Waals surface area contributed by atoms with Gasteiger partial charge in [0.2, 0.25) is 10.0 Å². The molecule has 0 heterocycles. The topological polar surface area (TPSA) is 83.5 Å². The van der Waals surface area contributed by atoms with Gasteiger partial charge in [-0.3, -0.25) is 4.72 Å². The number of carbonyl (C=O) groups is 1. The summed E-state index contributed by atoms with van der Waals surface area (Å²) in [6, 6.07) is 4.98. The van der Waals surface area contributed by atoms with E-state index in [0.717, 1.165) is 11.6 Å². The zero-order valence-corrected chi connectivity index (χ0v) is 11.0. The van der Waals surface area contributed by atoms with Crippen molar-refractivity contribution in [3.63, 3.8) is 0 Å². The smallest absolute Gasteiger partial charge is 0.328 e. The summed E-state index contributed by atoms with van der Waals surface area (Å²) in [5, 5.41) is 8.50. The van der Waals surface area contributed by atoms with Gasteiger partial charge in [0.1, 0.15) is 0 Å². The van der Waals surface area contributed by atoms with Crippen LogP contribution in [0.25, 0.3) is 6.08 Å². The first-order valence-electron chi connectivity index (χ1n) is 5.36. The number of carboxylic acids is 1. The van der Waals surface area contributed by atoms with Gasteiger partial charge >= 0.3 is 5.97 Å². The van der Waals surface area contributed by atoms with E-state index in [4.69, 9.17) is 5.11 Å². The van der Waals surface area contributed by atoms with Crippen molar-refractivity contribution in [3.8, 4) is 0 Å². The van der Waals surface area contributed by atoms with Gasteiger partial charge in [-0.2, -0.15) is 0 Å². The lowest BCUT2D eigenvalue weighted by atomic mass is 10.1. The highest BCUT2D eigenvalue weighted by Gasteiger charge is 2.08. The van der Waals surface area contributed by atoms with Crippen LogP contribution in [0.5, 0.6) is 0 Å². The fraction of sp³-hybridized carbons (Fsp3) is 0.250. The Balaban J connectivity index is 2.97. The molecule has 2 N–H and O–H groups in total. The Morgan fingerprint density at radius 1 is 1.44 bits per heavy atom. The molecule has 0 amide bonds. The van der Waals surface area contributed by atoms with Crippen LogP contribution >= 0.6 is 0 Å². The Morgan fingerprint density at radius 2 is 2.11 bits per heavy atom. The van der Waals surface area contributed by atoms with Crippen LogP contribution in [0.4, 0.5) is 5.69 Å². The molecule has 0 aliphatic carbocycles. The summed E-state index contributed by atoms with van der Waals surface area (Å²) in [6.45, 7) is 3.31. The third-order valence-corrected chi connectivity index (χ3v) is 3.61. The van der Waals surface area contributed by atoms with Gasteiger partial charge in [0.05, 0.1) is 11.4 Å². The van der Waals surface area contributed by atoms with Crippen LogP contribution in [0.15, 0.2) is 24.3 Å². The lowest BCUT2D eigenvalue weighted by molar-refractivity contribution is -0.131. The van der Waals surface area contributed by atoms with Crippen molar-refractivity contribution in [1.82, 2.24) is 0 Å². The quantitative estimate of drug-likeness (QED) is 0.799. The van der Waals surface area contributed by atoms with E-state index < -0.39 is 16.0 Å². The molecule has 0 saturated heterocycles. The van der Waals surface area contributed by atoms with E-state index in [0.29, 0.717) is 11.3 Å². The van der Waals surface area contributed by atoms with Crippen LogP contribution in [0.2, 0.25) is 0 Å². The molecule has 0 aromatic heterocycles. The van der Waals surface area contributed by atoms with E-state index in [-0.39, 0.29) is 5.75 Å². The number of benzene rings is 1. The zero-order valence-electron chi connectivity index (χ0n) is 10.2. The van der Waals surface area contributed by atoms with Crippen LogP contribution in [0.1, 0.15) is 18.1 Å².